The normalized spacial score (nSPS) is 12.7. The summed E-state index contributed by atoms with van der Waals surface area (Å²) in [5, 5.41) is 14.7. The Kier molecular flexibility index (Phi) is 3.29. The summed E-state index contributed by atoms with van der Waals surface area (Å²) in [6.07, 6.45) is 0.279. The smallest absolute Gasteiger partial charge is 0.121 e. The highest BCUT2D eigenvalue weighted by molar-refractivity contribution is 5.30. The zero-order chi connectivity index (χ0) is 12.4. The minimum atomic E-state index is -0.604. The van der Waals surface area contributed by atoms with Gasteiger partial charge in [-0.15, -0.1) is 0 Å². The number of aromatic nitrogens is 2. The van der Waals surface area contributed by atoms with Gasteiger partial charge in [-0.3, -0.25) is 4.68 Å². The molecule has 2 aromatic rings. The minimum Gasteiger partial charge on any atom is -0.382 e. The van der Waals surface area contributed by atoms with Gasteiger partial charge in [0.1, 0.15) is 6.10 Å². The van der Waals surface area contributed by atoms with Crippen molar-refractivity contribution in [2.45, 2.75) is 26.4 Å². The van der Waals surface area contributed by atoms with E-state index in [9.17, 15) is 5.11 Å². The second kappa shape index (κ2) is 4.72. The third-order valence-electron chi connectivity index (χ3n) is 2.97. The van der Waals surface area contributed by atoms with E-state index in [-0.39, 0.29) is 0 Å². The molecule has 0 radical (unpaired) electrons. The summed E-state index contributed by atoms with van der Waals surface area (Å²) in [5.74, 6) is 0. The monoisotopic (exact) mass is 230 g/mol. The van der Waals surface area contributed by atoms with Gasteiger partial charge in [-0.2, -0.15) is 5.10 Å². The maximum Gasteiger partial charge on any atom is 0.121 e. The van der Waals surface area contributed by atoms with Crippen LogP contribution in [0.15, 0.2) is 30.3 Å². The molecule has 1 N–H and O–H groups in total. The largest absolute Gasteiger partial charge is 0.382 e. The third kappa shape index (κ3) is 2.39. The van der Waals surface area contributed by atoms with Crippen molar-refractivity contribution in [2.24, 2.45) is 7.05 Å². The number of rotatable bonds is 3. The molecule has 1 unspecified atom stereocenters. The van der Waals surface area contributed by atoms with Crippen molar-refractivity contribution in [1.82, 2.24) is 9.78 Å². The summed E-state index contributed by atoms with van der Waals surface area (Å²) in [6, 6.07) is 9.90. The Morgan fingerprint density at radius 3 is 2.71 bits per heavy atom. The highest BCUT2D eigenvalue weighted by atomic mass is 16.3. The molecule has 1 aromatic heterocycles. The maximum absolute atomic E-state index is 10.3. The standard InChI is InChI=1S/C14H18N2O/c1-4-12-9-13(16(3)15-12)14(17)11-7-5-6-10(2)8-11/h5-9,14,17H,4H2,1-3H3. The van der Waals surface area contributed by atoms with Gasteiger partial charge in [0, 0.05) is 7.05 Å². The summed E-state index contributed by atoms with van der Waals surface area (Å²) < 4.78 is 1.76. The van der Waals surface area contributed by atoms with Gasteiger partial charge in [-0.25, -0.2) is 0 Å². The van der Waals surface area contributed by atoms with Crippen LogP contribution in [0.2, 0.25) is 0 Å². The van der Waals surface area contributed by atoms with Crippen molar-refractivity contribution in [3.63, 3.8) is 0 Å². The minimum absolute atomic E-state index is 0.604. The van der Waals surface area contributed by atoms with Crippen LogP contribution in [0.3, 0.4) is 0 Å². The number of aliphatic hydroxyl groups excluding tert-OH is 1. The lowest BCUT2D eigenvalue weighted by Crippen LogP contribution is -2.06. The van der Waals surface area contributed by atoms with Crippen LogP contribution in [0, 0.1) is 6.92 Å². The molecule has 1 aromatic carbocycles. The topological polar surface area (TPSA) is 38.0 Å². The Labute approximate surface area is 102 Å². The number of aliphatic hydroxyl groups is 1. The lowest BCUT2D eigenvalue weighted by Gasteiger charge is -2.11. The molecule has 1 atom stereocenters. The van der Waals surface area contributed by atoms with Crippen molar-refractivity contribution in [3.8, 4) is 0 Å². The van der Waals surface area contributed by atoms with Gasteiger partial charge in [0.15, 0.2) is 0 Å². The molecule has 0 aliphatic rings. The third-order valence-corrected chi connectivity index (χ3v) is 2.97. The molecule has 0 spiro atoms. The van der Waals surface area contributed by atoms with Crippen molar-refractivity contribution < 1.29 is 5.11 Å². The van der Waals surface area contributed by atoms with Crippen LogP contribution >= 0.6 is 0 Å². The summed E-state index contributed by atoms with van der Waals surface area (Å²) in [5.41, 5.74) is 3.91. The predicted molar refractivity (Wildman–Crippen MR) is 67.8 cm³/mol. The Morgan fingerprint density at radius 2 is 2.12 bits per heavy atom. The Hall–Kier alpha value is -1.61. The first-order chi connectivity index (χ1) is 8.11. The van der Waals surface area contributed by atoms with Gasteiger partial charge >= 0.3 is 0 Å². The van der Waals surface area contributed by atoms with E-state index in [0.717, 1.165) is 28.9 Å². The fourth-order valence-corrected chi connectivity index (χ4v) is 1.98. The second-order valence-corrected chi connectivity index (χ2v) is 4.35. The van der Waals surface area contributed by atoms with E-state index in [1.54, 1.807) is 4.68 Å². The first-order valence-corrected chi connectivity index (χ1v) is 5.89. The number of nitrogens with zero attached hydrogens (tertiary/aromatic N) is 2. The van der Waals surface area contributed by atoms with E-state index < -0.39 is 6.10 Å². The maximum atomic E-state index is 10.3. The number of benzene rings is 1. The van der Waals surface area contributed by atoms with Crippen LogP contribution in [-0.2, 0) is 13.5 Å². The molecule has 0 saturated carbocycles. The summed E-state index contributed by atoms with van der Waals surface area (Å²) in [6.45, 7) is 4.09. The molecule has 0 amide bonds. The summed E-state index contributed by atoms with van der Waals surface area (Å²) in [7, 11) is 1.87. The molecule has 0 aliphatic heterocycles. The number of hydrogen-bond donors (Lipinski definition) is 1. The number of hydrogen-bond acceptors (Lipinski definition) is 2. The molecule has 0 saturated heterocycles. The Morgan fingerprint density at radius 1 is 1.35 bits per heavy atom. The first kappa shape index (κ1) is 11.9. The second-order valence-electron chi connectivity index (χ2n) is 4.35. The van der Waals surface area contributed by atoms with E-state index in [0.29, 0.717) is 0 Å². The van der Waals surface area contributed by atoms with Gasteiger partial charge in [-0.1, -0.05) is 36.8 Å². The lowest BCUT2D eigenvalue weighted by atomic mass is 10.0. The van der Waals surface area contributed by atoms with Gasteiger partial charge in [0.2, 0.25) is 0 Å². The highest BCUT2D eigenvalue weighted by Crippen LogP contribution is 2.22. The molecule has 2 rings (SSSR count). The Balaban J connectivity index is 2.36. The van der Waals surface area contributed by atoms with Crippen LogP contribution in [0.5, 0.6) is 0 Å². The molecule has 0 aliphatic carbocycles. The van der Waals surface area contributed by atoms with Crippen LogP contribution in [-0.4, -0.2) is 14.9 Å². The fourth-order valence-electron chi connectivity index (χ4n) is 1.98. The average molecular weight is 230 g/mol. The Bertz CT molecular complexity index is 517. The van der Waals surface area contributed by atoms with E-state index >= 15 is 0 Å². The van der Waals surface area contributed by atoms with Crippen LogP contribution in [0.25, 0.3) is 0 Å². The van der Waals surface area contributed by atoms with Crippen molar-refractivity contribution in [2.75, 3.05) is 0 Å². The molecule has 17 heavy (non-hydrogen) atoms. The van der Waals surface area contributed by atoms with Gasteiger partial charge < -0.3 is 5.11 Å². The molecular weight excluding hydrogens is 212 g/mol. The molecule has 3 heteroatoms. The first-order valence-electron chi connectivity index (χ1n) is 5.89. The lowest BCUT2D eigenvalue weighted by molar-refractivity contribution is 0.209. The molecule has 0 bridgehead atoms. The number of aryl methyl sites for hydroxylation is 3. The van der Waals surface area contributed by atoms with Gasteiger partial charge in [0.25, 0.3) is 0 Å². The van der Waals surface area contributed by atoms with E-state index in [2.05, 4.69) is 12.0 Å². The molecule has 0 fully saturated rings. The predicted octanol–water partition coefficient (Wildman–Crippen LogP) is 2.37. The van der Waals surface area contributed by atoms with Crippen molar-refractivity contribution >= 4 is 0 Å². The van der Waals surface area contributed by atoms with E-state index in [1.165, 1.54) is 0 Å². The SMILES string of the molecule is CCc1cc(C(O)c2cccc(C)c2)n(C)n1. The zero-order valence-electron chi connectivity index (χ0n) is 10.5. The van der Waals surface area contributed by atoms with Crippen molar-refractivity contribution in [1.29, 1.82) is 0 Å². The van der Waals surface area contributed by atoms with Crippen LogP contribution in [0.4, 0.5) is 0 Å². The van der Waals surface area contributed by atoms with Crippen LogP contribution in [0.1, 0.15) is 35.5 Å². The van der Waals surface area contributed by atoms with Crippen molar-refractivity contribution in [3.05, 3.63) is 52.8 Å². The highest BCUT2D eigenvalue weighted by Gasteiger charge is 2.15. The summed E-state index contributed by atoms with van der Waals surface area (Å²) >= 11 is 0. The quantitative estimate of drug-likeness (QED) is 0.879. The fraction of sp³-hybridized carbons (Fsp3) is 0.357. The molecule has 3 nitrogen and oxygen atoms in total. The zero-order valence-corrected chi connectivity index (χ0v) is 10.5. The molecule has 1 heterocycles. The molecule has 90 valence electrons. The van der Waals surface area contributed by atoms with Gasteiger partial charge in [0.05, 0.1) is 11.4 Å². The molecular formula is C14H18N2O. The van der Waals surface area contributed by atoms with Crippen LogP contribution < -0.4 is 0 Å². The van der Waals surface area contributed by atoms with E-state index in [4.69, 9.17) is 0 Å². The average Bonchev–Trinajstić information content (AvgIpc) is 2.69. The van der Waals surface area contributed by atoms with E-state index in [1.807, 2.05) is 44.3 Å². The summed E-state index contributed by atoms with van der Waals surface area (Å²) in [4.78, 5) is 0. The van der Waals surface area contributed by atoms with Gasteiger partial charge in [-0.05, 0) is 25.0 Å².